The van der Waals surface area contributed by atoms with Gasteiger partial charge in [-0.25, -0.2) is 0 Å². The van der Waals surface area contributed by atoms with E-state index < -0.39 is 6.10 Å². The highest BCUT2D eigenvalue weighted by Crippen LogP contribution is 2.47. The van der Waals surface area contributed by atoms with Crippen molar-refractivity contribution in [2.45, 2.75) is 63.8 Å². The SMILES string of the molecule is CCC1(C)CC2(CCO1)CC(O)c1cc(C)ccc1O2. The number of aliphatic hydroxyl groups is 1. The Morgan fingerprint density at radius 3 is 2.95 bits per heavy atom. The number of ether oxygens (including phenoxy) is 2. The molecule has 0 radical (unpaired) electrons. The highest BCUT2D eigenvalue weighted by molar-refractivity contribution is 5.41. The summed E-state index contributed by atoms with van der Waals surface area (Å²) in [5.41, 5.74) is 1.68. The Labute approximate surface area is 120 Å². The summed E-state index contributed by atoms with van der Waals surface area (Å²) in [5.74, 6) is 0.842. The molecule has 1 aromatic rings. The lowest BCUT2D eigenvalue weighted by atomic mass is 9.76. The Balaban J connectivity index is 1.92. The van der Waals surface area contributed by atoms with Crippen molar-refractivity contribution in [3.63, 3.8) is 0 Å². The lowest BCUT2D eigenvalue weighted by Gasteiger charge is -2.49. The van der Waals surface area contributed by atoms with Crippen LogP contribution in [0.25, 0.3) is 0 Å². The Morgan fingerprint density at radius 1 is 1.40 bits per heavy atom. The van der Waals surface area contributed by atoms with E-state index in [4.69, 9.17) is 9.47 Å². The van der Waals surface area contributed by atoms with Crippen LogP contribution < -0.4 is 4.74 Å². The van der Waals surface area contributed by atoms with E-state index in [1.54, 1.807) is 0 Å². The van der Waals surface area contributed by atoms with Crippen LogP contribution in [0.1, 0.15) is 56.8 Å². The van der Waals surface area contributed by atoms with Gasteiger partial charge in [-0.15, -0.1) is 0 Å². The summed E-state index contributed by atoms with van der Waals surface area (Å²) >= 11 is 0. The van der Waals surface area contributed by atoms with Crippen molar-refractivity contribution in [3.05, 3.63) is 29.3 Å². The summed E-state index contributed by atoms with van der Waals surface area (Å²) in [6.45, 7) is 7.04. The number of hydrogen-bond donors (Lipinski definition) is 1. The van der Waals surface area contributed by atoms with Gasteiger partial charge in [-0.05, 0) is 32.4 Å². The van der Waals surface area contributed by atoms with Crippen molar-refractivity contribution in [2.24, 2.45) is 0 Å². The predicted octanol–water partition coefficient (Wildman–Crippen LogP) is 3.53. The molecule has 110 valence electrons. The third-order valence-electron chi connectivity index (χ3n) is 4.87. The van der Waals surface area contributed by atoms with Crippen LogP contribution in [0.5, 0.6) is 5.75 Å². The van der Waals surface area contributed by atoms with Crippen molar-refractivity contribution in [2.75, 3.05) is 6.61 Å². The monoisotopic (exact) mass is 276 g/mol. The first-order valence-electron chi connectivity index (χ1n) is 7.57. The highest BCUT2D eigenvalue weighted by atomic mass is 16.5. The van der Waals surface area contributed by atoms with Gasteiger partial charge in [0.2, 0.25) is 0 Å². The summed E-state index contributed by atoms with van der Waals surface area (Å²) in [7, 11) is 0. The van der Waals surface area contributed by atoms with Gasteiger partial charge in [-0.2, -0.15) is 0 Å². The zero-order chi connectivity index (χ0) is 14.4. The van der Waals surface area contributed by atoms with Crippen molar-refractivity contribution in [1.29, 1.82) is 0 Å². The average molecular weight is 276 g/mol. The van der Waals surface area contributed by atoms with Crippen LogP contribution >= 0.6 is 0 Å². The number of rotatable bonds is 1. The number of aliphatic hydroxyl groups excluding tert-OH is 1. The molecule has 0 saturated carbocycles. The van der Waals surface area contributed by atoms with Crippen LogP contribution in [0.15, 0.2) is 18.2 Å². The van der Waals surface area contributed by atoms with Crippen molar-refractivity contribution < 1.29 is 14.6 Å². The standard InChI is InChI=1S/C17H24O3/c1-4-16(3)11-17(7-8-19-16)10-14(18)13-9-12(2)5-6-15(13)20-17/h5-6,9,14,18H,4,7-8,10-11H2,1-3H3. The molecule has 3 unspecified atom stereocenters. The molecule has 1 N–H and O–H groups in total. The Hall–Kier alpha value is -1.06. The van der Waals surface area contributed by atoms with Gasteiger partial charge in [0.05, 0.1) is 18.3 Å². The minimum absolute atomic E-state index is 0.139. The van der Waals surface area contributed by atoms with Crippen LogP contribution in [-0.2, 0) is 4.74 Å². The van der Waals surface area contributed by atoms with Gasteiger partial charge in [0, 0.05) is 24.8 Å². The summed E-state index contributed by atoms with van der Waals surface area (Å²) in [5, 5.41) is 10.5. The molecule has 3 heteroatoms. The smallest absolute Gasteiger partial charge is 0.125 e. The molecule has 0 aromatic heterocycles. The maximum Gasteiger partial charge on any atom is 0.125 e. The molecular formula is C17H24O3. The topological polar surface area (TPSA) is 38.7 Å². The molecule has 2 heterocycles. The number of aryl methyl sites for hydroxylation is 1. The van der Waals surface area contributed by atoms with E-state index in [9.17, 15) is 5.11 Å². The third kappa shape index (κ3) is 2.33. The van der Waals surface area contributed by atoms with Crippen LogP contribution in [0, 0.1) is 6.92 Å². The van der Waals surface area contributed by atoms with Gasteiger partial charge in [-0.1, -0.05) is 18.6 Å². The maximum atomic E-state index is 10.5. The molecule has 3 nitrogen and oxygen atoms in total. The molecule has 0 amide bonds. The maximum absolute atomic E-state index is 10.5. The van der Waals surface area contributed by atoms with E-state index in [1.807, 2.05) is 25.1 Å². The minimum Gasteiger partial charge on any atom is -0.487 e. The first kappa shape index (κ1) is 13.9. The average Bonchev–Trinajstić information content (AvgIpc) is 2.40. The lowest BCUT2D eigenvalue weighted by molar-refractivity contribution is -0.160. The molecule has 1 aromatic carbocycles. The summed E-state index contributed by atoms with van der Waals surface area (Å²) in [4.78, 5) is 0. The van der Waals surface area contributed by atoms with Gasteiger partial charge in [0.15, 0.2) is 0 Å². The molecule has 20 heavy (non-hydrogen) atoms. The molecule has 1 spiro atoms. The lowest BCUT2D eigenvalue weighted by Crippen LogP contribution is -2.52. The van der Waals surface area contributed by atoms with E-state index in [2.05, 4.69) is 13.8 Å². The molecular weight excluding hydrogens is 252 g/mol. The molecule has 3 atom stereocenters. The summed E-state index contributed by atoms with van der Waals surface area (Å²) < 4.78 is 12.3. The Kier molecular flexibility index (Phi) is 3.30. The summed E-state index contributed by atoms with van der Waals surface area (Å²) in [6, 6.07) is 6.07. The molecule has 2 aliphatic heterocycles. The van der Waals surface area contributed by atoms with Crippen LogP contribution in [-0.4, -0.2) is 22.9 Å². The van der Waals surface area contributed by atoms with E-state index in [1.165, 1.54) is 0 Å². The number of benzene rings is 1. The van der Waals surface area contributed by atoms with Gasteiger partial charge in [-0.3, -0.25) is 0 Å². The Bertz CT molecular complexity index is 513. The minimum atomic E-state index is -0.433. The summed E-state index contributed by atoms with van der Waals surface area (Å²) in [6.07, 6.45) is 2.91. The van der Waals surface area contributed by atoms with Crippen LogP contribution in [0.2, 0.25) is 0 Å². The van der Waals surface area contributed by atoms with E-state index in [0.29, 0.717) is 13.0 Å². The molecule has 0 aliphatic carbocycles. The van der Waals surface area contributed by atoms with Crippen LogP contribution in [0.4, 0.5) is 0 Å². The van der Waals surface area contributed by atoms with E-state index in [-0.39, 0.29) is 11.2 Å². The third-order valence-corrected chi connectivity index (χ3v) is 4.87. The molecule has 1 fully saturated rings. The van der Waals surface area contributed by atoms with Gasteiger partial charge in [0.25, 0.3) is 0 Å². The number of hydrogen-bond acceptors (Lipinski definition) is 3. The van der Waals surface area contributed by atoms with Crippen molar-refractivity contribution in [1.82, 2.24) is 0 Å². The molecule has 1 saturated heterocycles. The quantitative estimate of drug-likeness (QED) is 0.853. The first-order chi connectivity index (χ1) is 9.45. The normalized spacial score (nSPS) is 36.5. The first-order valence-corrected chi connectivity index (χ1v) is 7.57. The number of fused-ring (bicyclic) bond motifs is 1. The second kappa shape index (κ2) is 4.74. The van der Waals surface area contributed by atoms with E-state index >= 15 is 0 Å². The second-order valence-corrected chi connectivity index (χ2v) is 6.62. The van der Waals surface area contributed by atoms with Crippen molar-refractivity contribution in [3.8, 4) is 5.75 Å². The van der Waals surface area contributed by atoms with Crippen molar-refractivity contribution >= 4 is 0 Å². The largest absolute Gasteiger partial charge is 0.487 e. The fourth-order valence-corrected chi connectivity index (χ4v) is 3.55. The predicted molar refractivity (Wildman–Crippen MR) is 78.0 cm³/mol. The second-order valence-electron chi connectivity index (χ2n) is 6.62. The Morgan fingerprint density at radius 2 is 2.20 bits per heavy atom. The fourth-order valence-electron chi connectivity index (χ4n) is 3.55. The molecule has 0 bridgehead atoms. The van der Waals surface area contributed by atoms with Gasteiger partial charge < -0.3 is 14.6 Å². The van der Waals surface area contributed by atoms with E-state index in [0.717, 1.165) is 36.1 Å². The molecule has 2 aliphatic rings. The van der Waals surface area contributed by atoms with Crippen LogP contribution in [0.3, 0.4) is 0 Å². The molecule has 3 rings (SSSR count). The fraction of sp³-hybridized carbons (Fsp3) is 0.647. The van der Waals surface area contributed by atoms with Gasteiger partial charge >= 0.3 is 0 Å². The zero-order valence-electron chi connectivity index (χ0n) is 12.6. The van der Waals surface area contributed by atoms with Gasteiger partial charge in [0.1, 0.15) is 11.4 Å². The zero-order valence-corrected chi connectivity index (χ0v) is 12.6. The highest BCUT2D eigenvalue weighted by Gasteiger charge is 2.48.